The highest BCUT2D eigenvalue weighted by Gasteiger charge is 2.35. The Bertz CT molecular complexity index is 1770. The first-order valence-corrected chi connectivity index (χ1v) is 14.9. The van der Waals surface area contributed by atoms with Gasteiger partial charge in [0.15, 0.2) is 11.5 Å². The number of carbonyl (C=O) groups is 1. The molecule has 0 atom stereocenters. The van der Waals surface area contributed by atoms with Gasteiger partial charge in [0.25, 0.3) is 0 Å². The summed E-state index contributed by atoms with van der Waals surface area (Å²) in [5.41, 5.74) is 2.72. The molecule has 5 rings (SSSR count). The van der Waals surface area contributed by atoms with Gasteiger partial charge in [-0.25, -0.2) is 29.7 Å². The summed E-state index contributed by atoms with van der Waals surface area (Å²) in [4.78, 5) is 34.5. The number of halogens is 3. The van der Waals surface area contributed by atoms with Crippen LogP contribution in [-0.2, 0) is 35.7 Å². The summed E-state index contributed by atoms with van der Waals surface area (Å²) in [6.45, 7) is 7.62. The number of carbonyl (C=O) groups excluding carboxylic acids is 1. The van der Waals surface area contributed by atoms with E-state index in [1.807, 2.05) is 19.1 Å². The van der Waals surface area contributed by atoms with Gasteiger partial charge in [-0.2, -0.15) is 13.2 Å². The Kier molecular flexibility index (Phi) is 9.13. The third-order valence-corrected chi connectivity index (χ3v) is 7.26. The van der Waals surface area contributed by atoms with Gasteiger partial charge in [-0.3, -0.25) is 0 Å². The lowest BCUT2D eigenvalue weighted by Gasteiger charge is -2.18. The summed E-state index contributed by atoms with van der Waals surface area (Å²) in [5.74, 6) is 1.18. The molecular weight excluding hydrogens is 599 g/mol. The van der Waals surface area contributed by atoms with E-state index < -0.39 is 23.4 Å². The van der Waals surface area contributed by atoms with E-state index in [1.165, 1.54) is 24.1 Å². The highest BCUT2D eigenvalue weighted by Crippen LogP contribution is 2.45. The van der Waals surface area contributed by atoms with E-state index in [0.29, 0.717) is 47.2 Å². The van der Waals surface area contributed by atoms with Crippen LogP contribution in [0.4, 0.5) is 19.0 Å². The molecule has 0 spiro atoms. The molecule has 0 amide bonds. The normalized spacial score (nSPS) is 13.7. The molecular formula is C33H36F3N7O3. The first-order valence-electron chi connectivity index (χ1n) is 14.9. The number of methoxy groups -OCH3 is 1. The number of anilines is 1. The zero-order valence-corrected chi connectivity index (χ0v) is 26.6. The summed E-state index contributed by atoms with van der Waals surface area (Å²) >= 11 is 0. The molecule has 1 aromatic carbocycles. The molecule has 3 aromatic heterocycles. The van der Waals surface area contributed by atoms with Crippen molar-refractivity contribution in [3.8, 4) is 28.7 Å². The summed E-state index contributed by atoms with van der Waals surface area (Å²) in [5, 5.41) is 3.35. The Morgan fingerprint density at radius 2 is 1.89 bits per heavy atom. The standard InChI is InChI=1S/C33H36F3N7O3/c1-7-20-14-19(8-12-23(20)30-41-24(17-43(30)5)33(34,35)36)15-37-28-22(11-13-25(44)46-32(2,3)4)16-38-29(42-28)26-27(21-9-10-21)39-18-40-31(26)45-6/h8,11-14,16-18,21H,7,9-10,15H2,1-6H3,(H,37,38,42)/b13-11+. The van der Waals surface area contributed by atoms with Gasteiger partial charge in [-0.15, -0.1) is 0 Å². The van der Waals surface area contributed by atoms with E-state index in [2.05, 4.69) is 25.3 Å². The second-order valence-corrected chi connectivity index (χ2v) is 12.0. The minimum atomic E-state index is -4.53. The molecule has 1 N–H and O–H groups in total. The quantitative estimate of drug-likeness (QED) is 0.149. The molecule has 46 heavy (non-hydrogen) atoms. The predicted octanol–water partition coefficient (Wildman–Crippen LogP) is 6.77. The van der Waals surface area contributed by atoms with Crippen molar-refractivity contribution in [2.75, 3.05) is 12.4 Å². The second kappa shape index (κ2) is 12.9. The molecule has 10 nitrogen and oxygen atoms in total. The lowest BCUT2D eigenvalue weighted by molar-refractivity contribution is -0.148. The fourth-order valence-electron chi connectivity index (χ4n) is 4.99. The fourth-order valence-corrected chi connectivity index (χ4v) is 4.99. The van der Waals surface area contributed by atoms with Crippen LogP contribution in [0, 0.1) is 0 Å². The molecule has 0 bridgehead atoms. The highest BCUT2D eigenvalue weighted by atomic mass is 19.4. The first-order chi connectivity index (χ1) is 21.8. The van der Waals surface area contributed by atoms with Gasteiger partial charge in [0, 0.05) is 49.1 Å². The Morgan fingerprint density at radius 3 is 2.52 bits per heavy atom. The molecule has 0 unspecified atom stereocenters. The summed E-state index contributed by atoms with van der Waals surface area (Å²) in [7, 11) is 3.08. The Hall–Kier alpha value is -4.81. The minimum absolute atomic E-state index is 0.240. The smallest absolute Gasteiger partial charge is 0.434 e. The molecule has 0 aliphatic heterocycles. The van der Waals surface area contributed by atoms with Crippen LogP contribution in [0.2, 0.25) is 0 Å². The van der Waals surface area contributed by atoms with Crippen LogP contribution in [0.3, 0.4) is 0 Å². The topological polar surface area (TPSA) is 117 Å². The van der Waals surface area contributed by atoms with Crippen molar-refractivity contribution in [1.82, 2.24) is 29.5 Å². The average molecular weight is 636 g/mol. The van der Waals surface area contributed by atoms with Crippen LogP contribution in [0.5, 0.6) is 5.88 Å². The Balaban J connectivity index is 1.48. The van der Waals surface area contributed by atoms with Gasteiger partial charge in [-0.05, 0) is 57.2 Å². The van der Waals surface area contributed by atoms with Gasteiger partial charge >= 0.3 is 12.1 Å². The van der Waals surface area contributed by atoms with E-state index in [1.54, 1.807) is 46.2 Å². The Morgan fingerprint density at radius 1 is 1.13 bits per heavy atom. The number of aromatic nitrogens is 6. The van der Waals surface area contributed by atoms with Crippen LogP contribution >= 0.6 is 0 Å². The molecule has 3 heterocycles. The maximum atomic E-state index is 13.3. The van der Waals surface area contributed by atoms with Crippen LogP contribution in [0.15, 0.2) is 43.0 Å². The molecule has 4 aromatic rings. The minimum Gasteiger partial charge on any atom is -0.480 e. The number of aryl methyl sites for hydroxylation is 2. The van der Waals surface area contributed by atoms with E-state index in [9.17, 15) is 18.0 Å². The molecule has 1 fully saturated rings. The number of hydrogen-bond donors (Lipinski definition) is 1. The highest BCUT2D eigenvalue weighted by molar-refractivity contribution is 5.88. The van der Waals surface area contributed by atoms with Crippen molar-refractivity contribution in [3.05, 3.63) is 71.1 Å². The molecule has 0 radical (unpaired) electrons. The molecule has 1 saturated carbocycles. The number of nitrogens with zero attached hydrogens (tertiary/aromatic N) is 6. The summed E-state index contributed by atoms with van der Waals surface area (Å²) in [6, 6.07) is 5.55. The number of rotatable bonds is 10. The van der Waals surface area contributed by atoms with Crippen molar-refractivity contribution >= 4 is 17.9 Å². The third-order valence-electron chi connectivity index (χ3n) is 7.26. The van der Waals surface area contributed by atoms with Gasteiger partial charge in [-0.1, -0.05) is 25.1 Å². The number of esters is 1. The van der Waals surface area contributed by atoms with Crippen molar-refractivity contribution < 1.29 is 27.4 Å². The zero-order chi connectivity index (χ0) is 33.2. The molecule has 1 aliphatic rings. The van der Waals surface area contributed by atoms with Crippen molar-refractivity contribution in [2.45, 2.75) is 71.2 Å². The van der Waals surface area contributed by atoms with Crippen molar-refractivity contribution in [3.63, 3.8) is 0 Å². The van der Waals surface area contributed by atoms with E-state index in [0.717, 1.165) is 35.9 Å². The third kappa shape index (κ3) is 7.52. The van der Waals surface area contributed by atoms with Crippen molar-refractivity contribution in [1.29, 1.82) is 0 Å². The van der Waals surface area contributed by atoms with Crippen molar-refractivity contribution in [2.24, 2.45) is 7.05 Å². The molecule has 1 aliphatic carbocycles. The maximum Gasteiger partial charge on any atom is 0.434 e. The lowest BCUT2D eigenvalue weighted by Crippen LogP contribution is -2.22. The van der Waals surface area contributed by atoms with E-state index >= 15 is 0 Å². The van der Waals surface area contributed by atoms with Crippen LogP contribution in [-0.4, -0.2) is 48.2 Å². The SMILES string of the molecule is CCc1cc(CNc2nc(-c3c(OC)ncnc3C3CC3)ncc2/C=C/C(=O)OC(C)(C)C)ccc1-c1nc(C(F)(F)F)cn1C. The van der Waals surface area contributed by atoms with Crippen LogP contribution < -0.4 is 10.1 Å². The Labute approximate surface area is 265 Å². The van der Waals surface area contributed by atoms with Gasteiger partial charge in [0.1, 0.15) is 29.1 Å². The molecule has 13 heteroatoms. The van der Waals surface area contributed by atoms with Gasteiger partial charge in [0.05, 0.1) is 12.8 Å². The molecule has 242 valence electrons. The van der Waals surface area contributed by atoms with Gasteiger partial charge < -0.3 is 19.4 Å². The number of benzene rings is 1. The summed E-state index contributed by atoms with van der Waals surface area (Å²) in [6.07, 6.45) is 5.02. The average Bonchev–Trinajstić information content (AvgIpc) is 3.77. The number of ether oxygens (including phenoxy) is 2. The van der Waals surface area contributed by atoms with Crippen LogP contribution in [0.1, 0.15) is 74.5 Å². The lowest BCUT2D eigenvalue weighted by atomic mass is 10.0. The maximum absolute atomic E-state index is 13.3. The van der Waals surface area contributed by atoms with E-state index in [4.69, 9.17) is 14.5 Å². The van der Waals surface area contributed by atoms with Gasteiger partial charge in [0.2, 0.25) is 5.88 Å². The van der Waals surface area contributed by atoms with E-state index in [-0.39, 0.29) is 11.7 Å². The largest absolute Gasteiger partial charge is 0.480 e. The number of imidazole rings is 1. The number of nitrogens with one attached hydrogen (secondary N) is 1. The van der Waals surface area contributed by atoms with Crippen LogP contribution in [0.25, 0.3) is 28.9 Å². The first kappa shape index (κ1) is 32.6. The second-order valence-electron chi connectivity index (χ2n) is 12.0. The predicted molar refractivity (Wildman–Crippen MR) is 167 cm³/mol. The number of hydrogen-bond acceptors (Lipinski definition) is 9. The number of alkyl halides is 3. The fraction of sp³-hybridized carbons (Fsp3) is 0.394. The summed E-state index contributed by atoms with van der Waals surface area (Å²) < 4.78 is 52.3. The monoisotopic (exact) mass is 635 g/mol. The zero-order valence-electron chi connectivity index (χ0n) is 26.6. The molecule has 0 saturated heterocycles.